The van der Waals surface area contributed by atoms with Gasteiger partial charge in [0, 0.05) is 6.54 Å². The van der Waals surface area contributed by atoms with Crippen LogP contribution in [-0.2, 0) is 11.3 Å². The third kappa shape index (κ3) is 2.20. The van der Waals surface area contributed by atoms with Crippen molar-refractivity contribution < 1.29 is 9.90 Å². The molecule has 1 atom stereocenters. The Bertz CT molecular complexity index is 390. The van der Waals surface area contributed by atoms with Crippen molar-refractivity contribution in [2.24, 2.45) is 0 Å². The van der Waals surface area contributed by atoms with Gasteiger partial charge in [-0.15, -0.1) is 0 Å². The van der Waals surface area contributed by atoms with Crippen molar-refractivity contribution in [3.05, 3.63) is 35.9 Å². The lowest BCUT2D eigenvalue weighted by Gasteiger charge is -2.33. The summed E-state index contributed by atoms with van der Waals surface area (Å²) in [6, 6.07) is 10.1. The standard InChI is InChI=1S/C14H19NO2/c1-2-14(13(16)17)9-6-10-15(14)11-12-7-4-3-5-8-12/h3-5,7-8H,2,6,9-11H2,1H3,(H,16,17). The van der Waals surface area contributed by atoms with E-state index in [0.717, 1.165) is 25.9 Å². The Labute approximate surface area is 102 Å². The van der Waals surface area contributed by atoms with Crippen LogP contribution in [0.3, 0.4) is 0 Å². The molecule has 0 radical (unpaired) electrons. The summed E-state index contributed by atoms with van der Waals surface area (Å²) in [7, 11) is 0. The monoisotopic (exact) mass is 233 g/mol. The van der Waals surface area contributed by atoms with Gasteiger partial charge in [0.05, 0.1) is 0 Å². The summed E-state index contributed by atoms with van der Waals surface area (Å²) in [4.78, 5) is 13.6. The second-order valence-electron chi connectivity index (χ2n) is 4.70. The zero-order valence-corrected chi connectivity index (χ0v) is 10.2. The normalized spacial score (nSPS) is 25.0. The second kappa shape index (κ2) is 4.88. The maximum Gasteiger partial charge on any atom is 0.324 e. The van der Waals surface area contributed by atoms with Crippen LogP contribution < -0.4 is 0 Å². The van der Waals surface area contributed by atoms with E-state index in [1.165, 1.54) is 5.56 Å². The number of hydrogen-bond donors (Lipinski definition) is 1. The highest BCUT2D eigenvalue weighted by molar-refractivity contribution is 5.79. The van der Waals surface area contributed by atoms with Crippen LogP contribution in [-0.4, -0.2) is 28.1 Å². The molecule has 1 unspecified atom stereocenters. The number of aliphatic carboxylic acids is 1. The minimum atomic E-state index is -0.673. The number of rotatable bonds is 4. The van der Waals surface area contributed by atoms with Crippen molar-refractivity contribution in [2.75, 3.05) is 6.54 Å². The smallest absolute Gasteiger partial charge is 0.324 e. The van der Waals surface area contributed by atoms with Gasteiger partial charge in [0.2, 0.25) is 0 Å². The number of likely N-dealkylation sites (tertiary alicyclic amines) is 1. The summed E-state index contributed by atoms with van der Waals surface area (Å²) >= 11 is 0. The first-order valence-electron chi connectivity index (χ1n) is 6.21. The molecule has 1 aromatic carbocycles. The lowest BCUT2D eigenvalue weighted by atomic mass is 9.92. The first kappa shape index (κ1) is 12.1. The van der Waals surface area contributed by atoms with Crippen LogP contribution in [0.4, 0.5) is 0 Å². The largest absolute Gasteiger partial charge is 0.480 e. The number of carboxylic acid groups (broad SMARTS) is 1. The predicted octanol–water partition coefficient (Wildman–Crippen LogP) is 2.52. The second-order valence-corrected chi connectivity index (χ2v) is 4.70. The molecule has 1 saturated heterocycles. The molecule has 0 amide bonds. The van der Waals surface area contributed by atoms with Gasteiger partial charge in [0.25, 0.3) is 0 Å². The van der Waals surface area contributed by atoms with Gasteiger partial charge in [0.15, 0.2) is 0 Å². The highest BCUT2D eigenvalue weighted by Crippen LogP contribution is 2.33. The van der Waals surface area contributed by atoms with Gasteiger partial charge in [0.1, 0.15) is 5.54 Å². The Morgan fingerprint density at radius 2 is 2.12 bits per heavy atom. The average Bonchev–Trinajstić information content (AvgIpc) is 2.74. The van der Waals surface area contributed by atoms with Crippen molar-refractivity contribution in [3.63, 3.8) is 0 Å². The molecular weight excluding hydrogens is 214 g/mol. The fourth-order valence-electron chi connectivity index (χ4n) is 2.76. The minimum absolute atomic E-state index is 0.643. The molecule has 17 heavy (non-hydrogen) atoms. The molecule has 1 aliphatic rings. The molecule has 0 bridgehead atoms. The molecular formula is C14H19NO2. The van der Waals surface area contributed by atoms with E-state index in [1.54, 1.807) is 0 Å². The molecule has 0 aliphatic carbocycles. The highest BCUT2D eigenvalue weighted by atomic mass is 16.4. The number of carboxylic acids is 1. The van der Waals surface area contributed by atoms with E-state index in [4.69, 9.17) is 0 Å². The molecule has 3 nitrogen and oxygen atoms in total. The lowest BCUT2D eigenvalue weighted by Crippen LogP contribution is -2.49. The number of nitrogens with zero attached hydrogens (tertiary/aromatic N) is 1. The van der Waals surface area contributed by atoms with E-state index >= 15 is 0 Å². The van der Waals surface area contributed by atoms with E-state index in [0.29, 0.717) is 6.42 Å². The summed E-state index contributed by atoms with van der Waals surface area (Å²) in [5.74, 6) is -0.673. The third-order valence-corrected chi connectivity index (χ3v) is 3.82. The van der Waals surface area contributed by atoms with Crippen molar-refractivity contribution in [2.45, 2.75) is 38.3 Å². The molecule has 1 aromatic rings. The van der Waals surface area contributed by atoms with Gasteiger partial charge in [-0.2, -0.15) is 0 Å². The molecule has 1 aliphatic heterocycles. The number of carbonyl (C=O) groups is 1. The quantitative estimate of drug-likeness (QED) is 0.868. The SMILES string of the molecule is CCC1(C(=O)O)CCCN1Cc1ccccc1. The Kier molecular flexibility index (Phi) is 3.48. The maximum atomic E-state index is 11.5. The molecule has 1 fully saturated rings. The molecule has 1 heterocycles. The summed E-state index contributed by atoms with van der Waals surface area (Å²) in [5, 5.41) is 9.47. The predicted molar refractivity (Wildman–Crippen MR) is 66.7 cm³/mol. The van der Waals surface area contributed by atoms with Crippen LogP contribution in [0.1, 0.15) is 31.7 Å². The van der Waals surface area contributed by atoms with Crippen molar-refractivity contribution >= 4 is 5.97 Å². The zero-order chi connectivity index (χ0) is 12.3. The van der Waals surface area contributed by atoms with Crippen molar-refractivity contribution in [1.29, 1.82) is 0 Å². The molecule has 0 saturated carbocycles. The fourth-order valence-corrected chi connectivity index (χ4v) is 2.76. The fraction of sp³-hybridized carbons (Fsp3) is 0.500. The Hall–Kier alpha value is -1.35. The molecule has 0 aromatic heterocycles. The van der Waals surface area contributed by atoms with Crippen LogP contribution in [0, 0.1) is 0 Å². The Morgan fingerprint density at radius 1 is 1.41 bits per heavy atom. The topological polar surface area (TPSA) is 40.5 Å². The summed E-state index contributed by atoms with van der Waals surface area (Å²) in [6.45, 7) is 3.59. The molecule has 1 N–H and O–H groups in total. The van der Waals surface area contributed by atoms with Crippen LogP contribution in [0.2, 0.25) is 0 Å². The maximum absolute atomic E-state index is 11.5. The van der Waals surface area contributed by atoms with E-state index in [-0.39, 0.29) is 0 Å². The van der Waals surface area contributed by atoms with Crippen molar-refractivity contribution in [1.82, 2.24) is 4.90 Å². The van der Waals surface area contributed by atoms with Crippen LogP contribution in [0.15, 0.2) is 30.3 Å². The molecule has 2 rings (SSSR count). The molecule has 0 spiro atoms. The first-order chi connectivity index (χ1) is 8.19. The van der Waals surface area contributed by atoms with Gasteiger partial charge in [-0.05, 0) is 31.4 Å². The summed E-state index contributed by atoms with van der Waals surface area (Å²) in [6.07, 6.45) is 2.42. The average molecular weight is 233 g/mol. The van der Waals surface area contributed by atoms with Gasteiger partial charge in [-0.1, -0.05) is 37.3 Å². The van der Waals surface area contributed by atoms with Crippen LogP contribution in [0.25, 0.3) is 0 Å². The van der Waals surface area contributed by atoms with Crippen molar-refractivity contribution in [3.8, 4) is 0 Å². The summed E-state index contributed by atoms with van der Waals surface area (Å²) < 4.78 is 0. The van der Waals surface area contributed by atoms with Gasteiger partial charge < -0.3 is 5.11 Å². The number of hydrogen-bond acceptors (Lipinski definition) is 2. The summed E-state index contributed by atoms with van der Waals surface area (Å²) in [5.41, 5.74) is 0.545. The Morgan fingerprint density at radius 3 is 2.71 bits per heavy atom. The third-order valence-electron chi connectivity index (χ3n) is 3.82. The van der Waals surface area contributed by atoms with Gasteiger partial charge in [-0.3, -0.25) is 9.69 Å². The van der Waals surface area contributed by atoms with Gasteiger partial charge >= 0.3 is 5.97 Å². The van der Waals surface area contributed by atoms with Gasteiger partial charge in [-0.25, -0.2) is 0 Å². The lowest BCUT2D eigenvalue weighted by molar-refractivity contribution is -0.150. The van der Waals surface area contributed by atoms with Crippen LogP contribution >= 0.6 is 0 Å². The first-order valence-corrected chi connectivity index (χ1v) is 6.21. The van der Waals surface area contributed by atoms with E-state index in [1.807, 2.05) is 25.1 Å². The van der Waals surface area contributed by atoms with Crippen LogP contribution in [0.5, 0.6) is 0 Å². The highest BCUT2D eigenvalue weighted by Gasteiger charge is 2.45. The molecule has 3 heteroatoms. The van der Waals surface area contributed by atoms with E-state index in [9.17, 15) is 9.90 Å². The Balaban J connectivity index is 2.17. The number of benzene rings is 1. The van der Waals surface area contributed by atoms with E-state index < -0.39 is 11.5 Å². The van der Waals surface area contributed by atoms with E-state index in [2.05, 4.69) is 17.0 Å². The zero-order valence-electron chi connectivity index (χ0n) is 10.2. The molecule has 92 valence electrons. The minimum Gasteiger partial charge on any atom is -0.480 e.